The zero-order valence-corrected chi connectivity index (χ0v) is 16.8. The number of nitrogens with zero attached hydrogens (tertiary/aromatic N) is 1. The standard InChI is InChI=1S/C19H20BrFN2O4/c1-19(2,3)27-18(26)23-6-4-5-10(9-23)14-8-11-15(21)12(17(24)25)7-13(20)16(11)22-14/h5,7-8,22H,4,6,9H2,1-3H3,(H,24,25). The molecule has 2 N–H and O–H groups in total. The van der Waals surface area contributed by atoms with Crippen LogP contribution in [0.15, 0.2) is 22.7 Å². The van der Waals surface area contributed by atoms with Crippen molar-refractivity contribution < 1.29 is 23.8 Å². The van der Waals surface area contributed by atoms with Crippen LogP contribution < -0.4 is 0 Å². The van der Waals surface area contributed by atoms with Crippen molar-refractivity contribution in [1.29, 1.82) is 0 Å². The van der Waals surface area contributed by atoms with Gasteiger partial charge in [0.25, 0.3) is 0 Å². The zero-order chi connectivity index (χ0) is 19.9. The van der Waals surface area contributed by atoms with Gasteiger partial charge in [0.1, 0.15) is 11.4 Å². The van der Waals surface area contributed by atoms with Gasteiger partial charge in [0.05, 0.1) is 17.6 Å². The van der Waals surface area contributed by atoms with Gasteiger partial charge < -0.3 is 19.7 Å². The molecule has 1 aliphatic heterocycles. The van der Waals surface area contributed by atoms with Gasteiger partial charge in [0.2, 0.25) is 0 Å². The number of hydrogen-bond acceptors (Lipinski definition) is 3. The van der Waals surface area contributed by atoms with Gasteiger partial charge in [-0.25, -0.2) is 14.0 Å². The summed E-state index contributed by atoms with van der Waals surface area (Å²) in [4.78, 5) is 28.3. The quantitative estimate of drug-likeness (QED) is 0.705. The number of carboxylic acid groups (broad SMARTS) is 1. The lowest BCUT2D eigenvalue weighted by Gasteiger charge is -2.30. The lowest BCUT2D eigenvalue weighted by Crippen LogP contribution is -2.39. The van der Waals surface area contributed by atoms with Crippen LogP contribution >= 0.6 is 15.9 Å². The molecule has 1 aromatic heterocycles. The van der Waals surface area contributed by atoms with Crippen LogP contribution in [0.5, 0.6) is 0 Å². The topological polar surface area (TPSA) is 82.6 Å². The van der Waals surface area contributed by atoms with Gasteiger partial charge in [0.15, 0.2) is 0 Å². The third-order valence-corrected chi connectivity index (χ3v) is 4.80. The molecule has 144 valence electrons. The van der Waals surface area contributed by atoms with Crippen LogP contribution in [0, 0.1) is 5.82 Å². The van der Waals surface area contributed by atoms with Crippen molar-refractivity contribution in [3.63, 3.8) is 0 Å². The van der Waals surface area contributed by atoms with E-state index in [0.29, 0.717) is 35.2 Å². The van der Waals surface area contributed by atoms with Crippen molar-refractivity contribution in [2.45, 2.75) is 32.8 Å². The summed E-state index contributed by atoms with van der Waals surface area (Å²) >= 11 is 3.29. The largest absolute Gasteiger partial charge is 0.478 e. The van der Waals surface area contributed by atoms with Gasteiger partial charge in [-0.3, -0.25) is 0 Å². The Morgan fingerprint density at radius 2 is 2.04 bits per heavy atom. The molecule has 0 radical (unpaired) electrons. The number of fused-ring (bicyclic) bond motifs is 1. The number of benzene rings is 1. The number of aromatic amines is 1. The first-order chi connectivity index (χ1) is 12.6. The Morgan fingerprint density at radius 1 is 1.33 bits per heavy atom. The summed E-state index contributed by atoms with van der Waals surface area (Å²) in [6.07, 6.45) is 2.23. The van der Waals surface area contributed by atoms with E-state index in [4.69, 9.17) is 9.84 Å². The van der Waals surface area contributed by atoms with E-state index >= 15 is 0 Å². The van der Waals surface area contributed by atoms with Crippen LogP contribution in [0.3, 0.4) is 0 Å². The van der Waals surface area contributed by atoms with Crippen molar-refractivity contribution in [1.82, 2.24) is 9.88 Å². The molecule has 0 saturated carbocycles. The number of halogens is 2. The Hall–Kier alpha value is -2.35. The zero-order valence-electron chi connectivity index (χ0n) is 15.2. The van der Waals surface area contributed by atoms with E-state index in [2.05, 4.69) is 20.9 Å². The fourth-order valence-electron chi connectivity index (χ4n) is 2.97. The highest BCUT2D eigenvalue weighted by molar-refractivity contribution is 9.10. The Bertz CT molecular complexity index is 959. The number of aromatic carboxylic acids is 1. The summed E-state index contributed by atoms with van der Waals surface area (Å²) in [7, 11) is 0. The summed E-state index contributed by atoms with van der Waals surface area (Å²) in [6, 6.07) is 2.81. The van der Waals surface area contributed by atoms with Gasteiger partial charge in [-0.05, 0) is 60.8 Å². The summed E-state index contributed by atoms with van der Waals surface area (Å²) in [5, 5.41) is 9.34. The molecule has 0 atom stereocenters. The van der Waals surface area contributed by atoms with E-state index in [-0.39, 0.29) is 5.39 Å². The van der Waals surface area contributed by atoms with E-state index in [0.717, 1.165) is 5.57 Å². The average Bonchev–Trinajstić information content (AvgIpc) is 3.03. The van der Waals surface area contributed by atoms with Gasteiger partial charge >= 0.3 is 12.1 Å². The first-order valence-corrected chi connectivity index (χ1v) is 9.27. The number of aromatic nitrogens is 1. The van der Waals surface area contributed by atoms with Crippen LogP contribution in [0.25, 0.3) is 16.5 Å². The summed E-state index contributed by atoms with van der Waals surface area (Å²) in [5.41, 5.74) is 0.961. The van der Waals surface area contributed by atoms with Crippen LogP contribution in [-0.2, 0) is 4.74 Å². The molecule has 27 heavy (non-hydrogen) atoms. The third-order valence-electron chi connectivity index (χ3n) is 4.18. The van der Waals surface area contributed by atoms with Crippen molar-refractivity contribution >= 4 is 44.5 Å². The van der Waals surface area contributed by atoms with Crippen molar-refractivity contribution in [3.8, 4) is 0 Å². The number of hydrogen-bond donors (Lipinski definition) is 2. The minimum Gasteiger partial charge on any atom is -0.478 e. The Labute approximate surface area is 164 Å². The predicted molar refractivity (Wildman–Crippen MR) is 103 cm³/mol. The highest BCUT2D eigenvalue weighted by Gasteiger charge is 2.26. The summed E-state index contributed by atoms with van der Waals surface area (Å²) < 4.78 is 20.4. The molecule has 0 spiro atoms. The Kier molecular flexibility index (Phi) is 5.03. The number of carbonyl (C=O) groups excluding carboxylic acids is 1. The smallest absolute Gasteiger partial charge is 0.410 e. The summed E-state index contributed by atoms with van der Waals surface area (Å²) in [6.45, 7) is 6.30. The normalized spacial score (nSPS) is 15.0. The van der Waals surface area contributed by atoms with Gasteiger partial charge in [-0.15, -0.1) is 0 Å². The number of ether oxygens (including phenoxy) is 1. The average molecular weight is 439 g/mol. The van der Waals surface area contributed by atoms with E-state index < -0.39 is 29.0 Å². The highest BCUT2D eigenvalue weighted by Crippen LogP contribution is 2.32. The summed E-state index contributed by atoms with van der Waals surface area (Å²) in [5.74, 6) is -2.12. The Balaban J connectivity index is 1.92. The van der Waals surface area contributed by atoms with Crippen LogP contribution in [0.4, 0.5) is 9.18 Å². The van der Waals surface area contributed by atoms with E-state index in [1.165, 1.54) is 6.07 Å². The van der Waals surface area contributed by atoms with E-state index in [1.807, 2.05) is 26.8 Å². The number of carbonyl (C=O) groups is 2. The molecule has 0 bridgehead atoms. The second kappa shape index (κ2) is 6.99. The molecule has 2 aromatic rings. The minimum absolute atomic E-state index is 0.187. The molecule has 0 aliphatic carbocycles. The minimum atomic E-state index is -1.33. The molecule has 8 heteroatoms. The number of carboxylic acids is 1. The van der Waals surface area contributed by atoms with Crippen LogP contribution in [0.2, 0.25) is 0 Å². The maximum atomic E-state index is 14.5. The fourth-order valence-corrected chi connectivity index (χ4v) is 3.51. The number of H-pyrrole nitrogens is 1. The van der Waals surface area contributed by atoms with Gasteiger partial charge in [-0.1, -0.05) is 6.08 Å². The van der Waals surface area contributed by atoms with Crippen LogP contribution in [-0.4, -0.2) is 45.7 Å². The van der Waals surface area contributed by atoms with Crippen molar-refractivity contribution in [2.75, 3.05) is 13.1 Å². The molecular formula is C19H20BrFN2O4. The lowest BCUT2D eigenvalue weighted by atomic mass is 10.1. The monoisotopic (exact) mass is 438 g/mol. The number of rotatable bonds is 2. The maximum Gasteiger partial charge on any atom is 0.410 e. The molecule has 6 nitrogen and oxygen atoms in total. The van der Waals surface area contributed by atoms with Crippen molar-refractivity contribution in [2.24, 2.45) is 0 Å². The molecular weight excluding hydrogens is 419 g/mol. The molecule has 0 unspecified atom stereocenters. The maximum absolute atomic E-state index is 14.5. The van der Waals surface area contributed by atoms with Crippen molar-refractivity contribution in [3.05, 3.63) is 39.8 Å². The molecule has 0 fully saturated rings. The van der Waals surface area contributed by atoms with Gasteiger partial charge in [-0.2, -0.15) is 0 Å². The van der Waals surface area contributed by atoms with E-state index in [9.17, 15) is 14.0 Å². The fraction of sp³-hybridized carbons (Fsp3) is 0.368. The molecule has 3 rings (SSSR count). The number of amides is 1. The molecule has 1 amide bonds. The van der Waals surface area contributed by atoms with Gasteiger partial charge in [0, 0.05) is 22.1 Å². The Morgan fingerprint density at radius 3 is 2.67 bits per heavy atom. The first-order valence-electron chi connectivity index (χ1n) is 8.48. The lowest BCUT2D eigenvalue weighted by molar-refractivity contribution is 0.0272. The predicted octanol–water partition coefficient (Wildman–Crippen LogP) is 4.79. The first kappa shape index (κ1) is 19.4. The third kappa shape index (κ3) is 4.00. The molecule has 1 aromatic carbocycles. The highest BCUT2D eigenvalue weighted by atomic mass is 79.9. The van der Waals surface area contributed by atoms with Crippen LogP contribution in [0.1, 0.15) is 43.2 Å². The second-order valence-electron chi connectivity index (χ2n) is 7.42. The SMILES string of the molecule is CC(C)(C)OC(=O)N1CCC=C(c2cc3c(F)c(C(=O)O)cc(Br)c3[nH]2)C1. The second-order valence-corrected chi connectivity index (χ2v) is 8.27. The molecule has 2 heterocycles. The number of nitrogens with one attached hydrogen (secondary N) is 1. The molecule has 0 saturated heterocycles. The molecule has 1 aliphatic rings. The van der Waals surface area contributed by atoms with E-state index in [1.54, 1.807) is 11.0 Å².